The van der Waals surface area contributed by atoms with E-state index in [4.69, 9.17) is 9.47 Å². The monoisotopic (exact) mass is 603 g/mol. The molecule has 1 aliphatic carbocycles. The minimum Gasteiger partial charge on any atom is -0.497 e. The first-order valence-corrected chi connectivity index (χ1v) is 16.5. The standard InChI is InChI=1S/C32H46FN3O5S/c1-35(2)32(26-7-6-8-27(33)21-26)25-12-10-24(11-13-25)18-19-34-31(37)23-41-22-28-9-4-5-20-36(28)42(38,39)30-16-14-29(40-3)15-17-30/h6-8,14-17,21,24-25,28,32H,4-5,9-13,18-20,22-23H2,1-3H3,(H,34,37). The number of nitrogens with one attached hydrogen (secondary N) is 1. The van der Waals surface area contributed by atoms with Crippen LogP contribution in [0, 0.1) is 17.7 Å². The van der Waals surface area contributed by atoms with Gasteiger partial charge in [0.2, 0.25) is 15.9 Å². The van der Waals surface area contributed by atoms with Crippen LogP contribution in [0.2, 0.25) is 0 Å². The predicted octanol–water partition coefficient (Wildman–Crippen LogP) is 5.01. The van der Waals surface area contributed by atoms with Gasteiger partial charge in [-0.3, -0.25) is 4.79 Å². The molecule has 2 aliphatic rings. The van der Waals surface area contributed by atoms with Gasteiger partial charge < -0.3 is 19.7 Å². The molecule has 1 heterocycles. The van der Waals surface area contributed by atoms with Gasteiger partial charge in [-0.15, -0.1) is 0 Å². The highest BCUT2D eigenvalue weighted by Crippen LogP contribution is 2.40. The van der Waals surface area contributed by atoms with Crippen molar-refractivity contribution in [1.29, 1.82) is 0 Å². The van der Waals surface area contributed by atoms with Gasteiger partial charge in [-0.05, 0) is 100.0 Å². The van der Waals surface area contributed by atoms with E-state index in [-0.39, 0.29) is 41.9 Å². The average molecular weight is 604 g/mol. The van der Waals surface area contributed by atoms with Crippen LogP contribution in [0.1, 0.15) is 63.0 Å². The van der Waals surface area contributed by atoms with Crippen LogP contribution in [0.15, 0.2) is 53.4 Å². The molecule has 1 saturated heterocycles. The van der Waals surface area contributed by atoms with E-state index in [9.17, 15) is 17.6 Å². The lowest BCUT2D eigenvalue weighted by Crippen LogP contribution is -2.46. The number of hydrogen-bond acceptors (Lipinski definition) is 6. The summed E-state index contributed by atoms with van der Waals surface area (Å²) in [6.45, 7) is 1.14. The quantitative estimate of drug-likeness (QED) is 0.347. The lowest BCUT2D eigenvalue weighted by Gasteiger charge is -2.37. The maximum absolute atomic E-state index is 13.9. The molecule has 2 unspecified atom stereocenters. The number of ether oxygens (including phenoxy) is 2. The predicted molar refractivity (Wildman–Crippen MR) is 161 cm³/mol. The third-order valence-electron chi connectivity index (χ3n) is 8.74. The zero-order chi connectivity index (χ0) is 30.1. The Hall–Kier alpha value is -2.53. The van der Waals surface area contributed by atoms with Crippen molar-refractivity contribution in [2.24, 2.45) is 11.8 Å². The molecule has 0 radical (unpaired) electrons. The number of amides is 1. The Bertz CT molecular complexity index is 1250. The number of nitrogens with zero attached hydrogens (tertiary/aromatic N) is 2. The smallest absolute Gasteiger partial charge is 0.245 e. The Morgan fingerprint density at radius 2 is 1.81 bits per heavy atom. The number of sulfonamides is 1. The number of carbonyl (C=O) groups excluding carboxylic acids is 1. The van der Waals surface area contributed by atoms with Crippen molar-refractivity contribution in [2.45, 2.75) is 68.3 Å². The van der Waals surface area contributed by atoms with Crippen molar-refractivity contribution in [3.63, 3.8) is 0 Å². The van der Waals surface area contributed by atoms with Gasteiger partial charge in [-0.2, -0.15) is 4.31 Å². The molecule has 2 atom stereocenters. The fraction of sp³-hybridized carbons (Fsp3) is 0.594. The third-order valence-corrected chi connectivity index (χ3v) is 10.7. The molecule has 4 rings (SSSR count). The molecule has 1 amide bonds. The summed E-state index contributed by atoms with van der Waals surface area (Å²) in [7, 11) is 2.00. The first kappa shape index (κ1) is 32.4. The molecule has 8 nitrogen and oxygen atoms in total. The molecule has 232 valence electrons. The van der Waals surface area contributed by atoms with Crippen LogP contribution in [-0.4, -0.2) is 77.1 Å². The molecule has 42 heavy (non-hydrogen) atoms. The highest BCUT2D eigenvalue weighted by atomic mass is 32.2. The summed E-state index contributed by atoms with van der Waals surface area (Å²) < 4.78 is 52.8. The first-order chi connectivity index (χ1) is 20.2. The van der Waals surface area contributed by atoms with Gasteiger partial charge in [-0.1, -0.05) is 31.4 Å². The van der Waals surface area contributed by atoms with E-state index >= 15 is 0 Å². The van der Waals surface area contributed by atoms with Gasteiger partial charge in [0, 0.05) is 25.2 Å². The number of rotatable bonds is 13. The van der Waals surface area contributed by atoms with Gasteiger partial charge in [-0.25, -0.2) is 12.8 Å². The van der Waals surface area contributed by atoms with E-state index in [1.165, 1.54) is 10.4 Å². The van der Waals surface area contributed by atoms with E-state index in [1.807, 2.05) is 6.07 Å². The van der Waals surface area contributed by atoms with E-state index in [2.05, 4.69) is 24.3 Å². The summed E-state index contributed by atoms with van der Waals surface area (Å²) in [5.41, 5.74) is 1.03. The summed E-state index contributed by atoms with van der Waals surface area (Å²) in [6.07, 6.45) is 7.70. The first-order valence-electron chi connectivity index (χ1n) is 15.1. The highest BCUT2D eigenvalue weighted by Gasteiger charge is 2.34. The minimum absolute atomic E-state index is 0.0855. The number of benzene rings is 2. The molecule has 10 heteroatoms. The van der Waals surface area contributed by atoms with Crippen LogP contribution in [0.25, 0.3) is 0 Å². The zero-order valence-electron chi connectivity index (χ0n) is 25.1. The molecular weight excluding hydrogens is 557 g/mol. The van der Waals surface area contributed by atoms with E-state index in [1.54, 1.807) is 43.5 Å². The summed E-state index contributed by atoms with van der Waals surface area (Å²) in [5, 5.41) is 2.97. The molecule has 2 aromatic carbocycles. The van der Waals surface area contributed by atoms with Gasteiger partial charge in [0.25, 0.3) is 0 Å². The Labute approximate surface area is 250 Å². The largest absolute Gasteiger partial charge is 0.497 e. The lowest BCUT2D eigenvalue weighted by molar-refractivity contribution is -0.126. The van der Waals surface area contributed by atoms with Crippen LogP contribution in [0.5, 0.6) is 5.75 Å². The van der Waals surface area contributed by atoms with Crippen molar-refractivity contribution >= 4 is 15.9 Å². The summed E-state index contributed by atoms with van der Waals surface area (Å²) in [5.74, 6) is 1.26. The van der Waals surface area contributed by atoms with Crippen molar-refractivity contribution in [3.05, 3.63) is 59.9 Å². The van der Waals surface area contributed by atoms with Crippen molar-refractivity contribution in [3.8, 4) is 5.75 Å². The Morgan fingerprint density at radius 3 is 2.48 bits per heavy atom. The van der Waals surface area contributed by atoms with E-state index < -0.39 is 10.0 Å². The number of piperidine rings is 1. The second-order valence-corrected chi connectivity index (χ2v) is 13.7. The second kappa shape index (κ2) is 15.3. The fourth-order valence-corrected chi connectivity index (χ4v) is 8.25. The van der Waals surface area contributed by atoms with Crippen LogP contribution < -0.4 is 10.1 Å². The molecule has 0 aromatic heterocycles. The normalized spacial score (nSPS) is 22.5. The van der Waals surface area contributed by atoms with E-state index in [0.29, 0.717) is 37.1 Å². The maximum Gasteiger partial charge on any atom is 0.245 e. The van der Waals surface area contributed by atoms with Crippen LogP contribution in [0.4, 0.5) is 4.39 Å². The van der Waals surface area contributed by atoms with Crippen LogP contribution >= 0.6 is 0 Å². The number of carbonyl (C=O) groups is 1. The number of methoxy groups -OCH3 is 1. The molecule has 0 bridgehead atoms. The summed E-state index contributed by atoms with van der Waals surface area (Å²) in [4.78, 5) is 14.9. The van der Waals surface area contributed by atoms with Crippen molar-refractivity contribution < 1.29 is 27.1 Å². The fourth-order valence-electron chi connectivity index (χ4n) is 6.57. The maximum atomic E-state index is 13.9. The molecule has 0 spiro atoms. The summed E-state index contributed by atoms with van der Waals surface area (Å²) >= 11 is 0. The summed E-state index contributed by atoms with van der Waals surface area (Å²) in [6, 6.07) is 13.3. The van der Waals surface area contributed by atoms with Gasteiger partial charge in [0.05, 0.1) is 18.6 Å². The van der Waals surface area contributed by atoms with Crippen LogP contribution in [0.3, 0.4) is 0 Å². The molecule has 2 aromatic rings. The molecule has 2 fully saturated rings. The number of hydrogen-bond donors (Lipinski definition) is 1. The van der Waals surface area contributed by atoms with Crippen LogP contribution in [-0.2, 0) is 19.6 Å². The highest BCUT2D eigenvalue weighted by molar-refractivity contribution is 7.89. The lowest BCUT2D eigenvalue weighted by atomic mass is 9.75. The topological polar surface area (TPSA) is 88.2 Å². The zero-order valence-corrected chi connectivity index (χ0v) is 26.0. The Morgan fingerprint density at radius 1 is 1.07 bits per heavy atom. The van der Waals surface area contributed by atoms with Gasteiger partial charge in [0.1, 0.15) is 18.2 Å². The van der Waals surface area contributed by atoms with Crippen molar-refractivity contribution in [2.75, 3.05) is 47.5 Å². The second-order valence-electron chi connectivity index (χ2n) is 11.8. The number of halogens is 1. The Balaban J connectivity index is 1.17. The minimum atomic E-state index is -3.67. The third kappa shape index (κ3) is 8.52. The Kier molecular flexibility index (Phi) is 11.8. The van der Waals surface area contributed by atoms with E-state index in [0.717, 1.165) is 50.5 Å². The SMILES string of the molecule is COc1ccc(S(=O)(=O)N2CCCCC2COCC(=O)NCCC2CCC(C(c3cccc(F)c3)N(C)C)CC2)cc1. The average Bonchev–Trinajstić information content (AvgIpc) is 2.98. The molecule has 1 N–H and O–H groups in total. The molecule has 1 aliphatic heterocycles. The molecule has 1 saturated carbocycles. The molecular formula is C32H46FN3O5S. The van der Waals surface area contributed by atoms with Gasteiger partial charge in [0.15, 0.2) is 0 Å². The van der Waals surface area contributed by atoms with Crippen molar-refractivity contribution in [1.82, 2.24) is 14.5 Å². The van der Waals surface area contributed by atoms with Gasteiger partial charge >= 0.3 is 0 Å².